The maximum absolute atomic E-state index is 6.63. The van der Waals surface area contributed by atoms with Gasteiger partial charge in [0.2, 0.25) is 0 Å². The van der Waals surface area contributed by atoms with E-state index in [1.807, 2.05) is 12.1 Å². The zero-order valence-corrected chi connectivity index (χ0v) is 11.1. The monoisotopic (exact) mass is 244 g/mol. The van der Waals surface area contributed by atoms with E-state index in [2.05, 4.69) is 26.8 Å². The zero-order chi connectivity index (χ0) is 11.5. The topological polar surface area (TPSA) is 0 Å². The summed E-state index contributed by atoms with van der Waals surface area (Å²) in [5.41, 5.74) is 2.50. The van der Waals surface area contributed by atoms with E-state index in [1.165, 1.54) is 11.1 Å². The molecule has 15 heavy (non-hydrogen) atoms. The third-order valence-electron chi connectivity index (χ3n) is 3.05. The second kappa shape index (κ2) is 5.23. The van der Waals surface area contributed by atoms with Crippen molar-refractivity contribution in [3.05, 3.63) is 34.3 Å². The van der Waals surface area contributed by atoms with Crippen molar-refractivity contribution in [3.8, 4) is 0 Å². The lowest BCUT2D eigenvalue weighted by atomic mass is 9.88. The fraction of sp³-hybridized carbons (Fsp3) is 0.538. The molecule has 0 aliphatic carbocycles. The van der Waals surface area contributed by atoms with Crippen LogP contribution in [0.25, 0.3) is 0 Å². The Bertz CT molecular complexity index is 327. The molecule has 0 radical (unpaired) electrons. The van der Waals surface area contributed by atoms with Gasteiger partial charge in [0.1, 0.15) is 0 Å². The summed E-state index contributed by atoms with van der Waals surface area (Å²) in [6.45, 7) is 6.40. The summed E-state index contributed by atoms with van der Waals surface area (Å²) in [5.74, 6) is 0. The SMILES string of the molecule is CCc1cc(Cl)ccc1C(Cl)(CC)CC. The van der Waals surface area contributed by atoms with Crippen molar-refractivity contribution >= 4 is 23.2 Å². The molecule has 1 aromatic carbocycles. The lowest BCUT2D eigenvalue weighted by Gasteiger charge is -2.27. The van der Waals surface area contributed by atoms with Crippen LogP contribution in [0.4, 0.5) is 0 Å². The Morgan fingerprint density at radius 2 is 1.73 bits per heavy atom. The van der Waals surface area contributed by atoms with Crippen LogP contribution in [0.3, 0.4) is 0 Å². The molecule has 0 unspecified atom stereocenters. The highest BCUT2D eigenvalue weighted by molar-refractivity contribution is 6.30. The van der Waals surface area contributed by atoms with E-state index in [0.29, 0.717) is 0 Å². The van der Waals surface area contributed by atoms with Crippen molar-refractivity contribution in [1.29, 1.82) is 0 Å². The molecule has 0 nitrogen and oxygen atoms in total. The zero-order valence-electron chi connectivity index (χ0n) is 9.61. The number of rotatable bonds is 4. The van der Waals surface area contributed by atoms with Crippen LogP contribution in [-0.2, 0) is 11.3 Å². The van der Waals surface area contributed by atoms with Gasteiger partial charge in [0.25, 0.3) is 0 Å². The molecular formula is C13H18Cl2. The van der Waals surface area contributed by atoms with E-state index >= 15 is 0 Å². The van der Waals surface area contributed by atoms with E-state index in [1.54, 1.807) is 0 Å². The van der Waals surface area contributed by atoms with Gasteiger partial charge in [-0.1, -0.05) is 38.4 Å². The molecule has 0 atom stereocenters. The van der Waals surface area contributed by atoms with Crippen LogP contribution in [0.15, 0.2) is 18.2 Å². The first-order valence-electron chi connectivity index (χ1n) is 5.55. The Morgan fingerprint density at radius 1 is 1.13 bits per heavy atom. The normalized spacial score (nSPS) is 11.8. The minimum Gasteiger partial charge on any atom is -0.114 e. The first-order valence-corrected chi connectivity index (χ1v) is 6.30. The fourth-order valence-corrected chi connectivity index (χ4v) is 2.30. The maximum Gasteiger partial charge on any atom is 0.0692 e. The van der Waals surface area contributed by atoms with Gasteiger partial charge in [-0.3, -0.25) is 0 Å². The molecule has 0 N–H and O–H groups in total. The molecule has 1 aromatic rings. The van der Waals surface area contributed by atoms with E-state index in [-0.39, 0.29) is 4.87 Å². The molecule has 1 rings (SSSR count). The lowest BCUT2D eigenvalue weighted by molar-refractivity contribution is 0.561. The fourth-order valence-electron chi connectivity index (χ4n) is 1.92. The van der Waals surface area contributed by atoms with Crippen LogP contribution < -0.4 is 0 Å². The number of hydrogen-bond donors (Lipinski definition) is 0. The van der Waals surface area contributed by atoms with Crippen LogP contribution in [-0.4, -0.2) is 0 Å². The van der Waals surface area contributed by atoms with Gasteiger partial charge >= 0.3 is 0 Å². The second-order valence-electron chi connectivity index (χ2n) is 3.83. The van der Waals surface area contributed by atoms with E-state index in [4.69, 9.17) is 23.2 Å². The van der Waals surface area contributed by atoms with Gasteiger partial charge in [-0.2, -0.15) is 0 Å². The first-order chi connectivity index (χ1) is 7.07. The highest BCUT2D eigenvalue weighted by Crippen LogP contribution is 2.38. The molecule has 0 spiro atoms. The van der Waals surface area contributed by atoms with Crippen molar-refractivity contribution < 1.29 is 0 Å². The number of halogens is 2. The lowest BCUT2D eigenvalue weighted by Crippen LogP contribution is -2.18. The summed E-state index contributed by atoms with van der Waals surface area (Å²) in [4.78, 5) is -0.226. The largest absolute Gasteiger partial charge is 0.114 e. The Morgan fingerprint density at radius 3 is 2.20 bits per heavy atom. The molecule has 0 saturated carbocycles. The molecule has 0 fully saturated rings. The van der Waals surface area contributed by atoms with E-state index < -0.39 is 0 Å². The van der Waals surface area contributed by atoms with Crippen molar-refractivity contribution in [1.82, 2.24) is 0 Å². The van der Waals surface area contributed by atoms with Gasteiger partial charge in [-0.05, 0) is 42.5 Å². The van der Waals surface area contributed by atoms with E-state index in [0.717, 1.165) is 24.3 Å². The van der Waals surface area contributed by atoms with Crippen LogP contribution >= 0.6 is 23.2 Å². The number of alkyl halides is 1. The molecule has 0 amide bonds. The maximum atomic E-state index is 6.63. The molecule has 2 heteroatoms. The Labute approximate surface area is 103 Å². The standard InChI is InChI=1S/C13H18Cl2/c1-4-10-9-11(14)7-8-12(10)13(15,5-2)6-3/h7-9H,4-6H2,1-3H3. The van der Waals surface area contributed by atoms with Crippen molar-refractivity contribution in [2.75, 3.05) is 0 Å². The molecule has 0 bridgehead atoms. The first kappa shape index (κ1) is 12.9. The molecular weight excluding hydrogens is 227 g/mol. The van der Waals surface area contributed by atoms with Gasteiger partial charge in [0.15, 0.2) is 0 Å². The van der Waals surface area contributed by atoms with Crippen LogP contribution in [0.2, 0.25) is 5.02 Å². The smallest absolute Gasteiger partial charge is 0.0692 e. The summed E-state index contributed by atoms with van der Waals surface area (Å²) in [6, 6.07) is 6.03. The highest BCUT2D eigenvalue weighted by Gasteiger charge is 2.27. The van der Waals surface area contributed by atoms with Gasteiger partial charge in [-0.15, -0.1) is 11.6 Å². The van der Waals surface area contributed by atoms with Gasteiger partial charge in [0, 0.05) is 5.02 Å². The van der Waals surface area contributed by atoms with Crippen LogP contribution in [0.5, 0.6) is 0 Å². The third-order valence-corrected chi connectivity index (χ3v) is 4.02. The van der Waals surface area contributed by atoms with E-state index in [9.17, 15) is 0 Å². The Hall–Kier alpha value is -0.200. The minimum absolute atomic E-state index is 0.226. The van der Waals surface area contributed by atoms with Crippen LogP contribution in [0.1, 0.15) is 44.7 Å². The van der Waals surface area contributed by atoms with Crippen molar-refractivity contribution in [2.45, 2.75) is 44.9 Å². The molecule has 0 saturated heterocycles. The summed E-state index contributed by atoms with van der Waals surface area (Å²) < 4.78 is 0. The second-order valence-corrected chi connectivity index (χ2v) is 4.99. The van der Waals surface area contributed by atoms with Gasteiger partial charge < -0.3 is 0 Å². The van der Waals surface area contributed by atoms with Crippen molar-refractivity contribution in [3.63, 3.8) is 0 Å². The van der Waals surface area contributed by atoms with Gasteiger partial charge in [0.05, 0.1) is 4.87 Å². The molecule has 0 aliphatic rings. The van der Waals surface area contributed by atoms with Crippen LogP contribution in [0, 0.1) is 0 Å². The molecule has 0 heterocycles. The highest BCUT2D eigenvalue weighted by atomic mass is 35.5. The average molecular weight is 245 g/mol. The summed E-state index contributed by atoms with van der Waals surface area (Å²) in [5, 5.41) is 0.793. The number of aryl methyl sites for hydroxylation is 1. The summed E-state index contributed by atoms with van der Waals surface area (Å²) in [7, 11) is 0. The average Bonchev–Trinajstić information content (AvgIpc) is 2.27. The molecule has 0 aromatic heterocycles. The minimum atomic E-state index is -0.226. The number of hydrogen-bond acceptors (Lipinski definition) is 0. The van der Waals surface area contributed by atoms with Gasteiger partial charge in [-0.25, -0.2) is 0 Å². The quantitative estimate of drug-likeness (QED) is 0.643. The molecule has 0 aliphatic heterocycles. The third kappa shape index (κ3) is 2.68. The summed E-state index contributed by atoms with van der Waals surface area (Å²) >= 11 is 12.6. The summed E-state index contributed by atoms with van der Waals surface area (Å²) in [6.07, 6.45) is 2.86. The molecule has 84 valence electrons. The van der Waals surface area contributed by atoms with Crippen molar-refractivity contribution in [2.24, 2.45) is 0 Å². The number of benzene rings is 1. The Kier molecular flexibility index (Phi) is 4.48. The Balaban J connectivity index is 3.23. The predicted octanol–water partition coefficient (Wildman–Crippen LogP) is 5.16. The predicted molar refractivity (Wildman–Crippen MR) is 68.9 cm³/mol.